The fourth-order valence-electron chi connectivity index (χ4n) is 2.24. The van der Waals surface area contributed by atoms with Crippen molar-refractivity contribution in [3.63, 3.8) is 0 Å². The summed E-state index contributed by atoms with van der Waals surface area (Å²) in [6.07, 6.45) is 0. The summed E-state index contributed by atoms with van der Waals surface area (Å²) < 4.78 is 14.8. The number of halogens is 1. The minimum absolute atomic E-state index is 0.120. The quantitative estimate of drug-likeness (QED) is 0.755. The molecule has 0 atom stereocenters. The third-order valence-corrected chi connectivity index (χ3v) is 3.27. The standard InChI is InChI=1S/C15H12FN3O2/c1-17-13-8-12-10(7-11(13)16)14(20)19(15(21)18-12)9-5-3-2-4-6-9/h2-8,17H,1H3,(H,18,21). The highest BCUT2D eigenvalue weighted by Gasteiger charge is 2.12. The van der Waals surface area contributed by atoms with Gasteiger partial charge in [0.1, 0.15) is 5.82 Å². The summed E-state index contributed by atoms with van der Waals surface area (Å²) in [5.41, 5.74) is -0.171. The summed E-state index contributed by atoms with van der Waals surface area (Å²) in [6.45, 7) is 0. The lowest BCUT2D eigenvalue weighted by Crippen LogP contribution is -2.33. The summed E-state index contributed by atoms with van der Waals surface area (Å²) in [6, 6.07) is 11.0. The lowest BCUT2D eigenvalue weighted by atomic mass is 10.2. The average molecular weight is 285 g/mol. The van der Waals surface area contributed by atoms with Crippen molar-refractivity contribution in [3.05, 3.63) is 69.1 Å². The van der Waals surface area contributed by atoms with Crippen molar-refractivity contribution >= 4 is 16.6 Å². The second-order valence-electron chi connectivity index (χ2n) is 4.53. The van der Waals surface area contributed by atoms with E-state index in [1.165, 1.54) is 6.07 Å². The number of anilines is 1. The maximum atomic E-state index is 13.8. The highest BCUT2D eigenvalue weighted by Crippen LogP contribution is 2.18. The number of H-pyrrole nitrogens is 1. The second-order valence-corrected chi connectivity index (χ2v) is 4.53. The zero-order valence-corrected chi connectivity index (χ0v) is 11.2. The summed E-state index contributed by atoms with van der Waals surface area (Å²) in [5, 5.41) is 2.79. The van der Waals surface area contributed by atoms with Gasteiger partial charge < -0.3 is 10.3 Å². The van der Waals surface area contributed by atoms with Gasteiger partial charge in [-0.05, 0) is 24.3 Å². The fraction of sp³-hybridized carbons (Fsp3) is 0.0667. The van der Waals surface area contributed by atoms with Crippen molar-refractivity contribution in [2.45, 2.75) is 0 Å². The fourth-order valence-corrected chi connectivity index (χ4v) is 2.24. The Morgan fingerprint density at radius 3 is 2.52 bits per heavy atom. The molecule has 0 fully saturated rings. The number of nitrogens with zero attached hydrogens (tertiary/aromatic N) is 1. The van der Waals surface area contributed by atoms with Crippen LogP contribution < -0.4 is 16.6 Å². The van der Waals surface area contributed by atoms with Gasteiger partial charge in [0.2, 0.25) is 0 Å². The Kier molecular flexibility index (Phi) is 3.06. The predicted molar refractivity (Wildman–Crippen MR) is 79.7 cm³/mol. The second kappa shape index (κ2) is 4.90. The van der Waals surface area contributed by atoms with Gasteiger partial charge in [0.25, 0.3) is 5.56 Å². The number of aromatic amines is 1. The number of para-hydroxylation sites is 1. The van der Waals surface area contributed by atoms with E-state index in [-0.39, 0.29) is 11.1 Å². The van der Waals surface area contributed by atoms with E-state index in [2.05, 4.69) is 10.3 Å². The molecule has 2 N–H and O–H groups in total. The molecular formula is C15H12FN3O2. The SMILES string of the molecule is CNc1cc2[nH]c(=O)n(-c3ccccc3)c(=O)c2cc1F. The molecule has 0 amide bonds. The van der Waals surface area contributed by atoms with E-state index in [9.17, 15) is 14.0 Å². The third-order valence-electron chi connectivity index (χ3n) is 3.27. The molecule has 0 aliphatic carbocycles. The third kappa shape index (κ3) is 2.10. The Hall–Kier alpha value is -2.89. The molecule has 21 heavy (non-hydrogen) atoms. The van der Waals surface area contributed by atoms with Crippen LogP contribution in [0.3, 0.4) is 0 Å². The van der Waals surface area contributed by atoms with Crippen LogP contribution in [0.1, 0.15) is 0 Å². The minimum Gasteiger partial charge on any atom is -0.386 e. The Balaban J connectivity index is 2.40. The zero-order valence-electron chi connectivity index (χ0n) is 11.2. The van der Waals surface area contributed by atoms with Crippen LogP contribution in [0.25, 0.3) is 16.6 Å². The normalized spacial score (nSPS) is 10.8. The summed E-state index contributed by atoms with van der Waals surface area (Å²) >= 11 is 0. The van der Waals surface area contributed by atoms with E-state index in [0.29, 0.717) is 11.2 Å². The van der Waals surface area contributed by atoms with Crippen LogP contribution in [0, 0.1) is 5.82 Å². The molecule has 1 aromatic heterocycles. The van der Waals surface area contributed by atoms with Crippen LogP contribution in [0.4, 0.5) is 10.1 Å². The van der Waals surface area contributed by atoms with Crippen molar-refractivity contribution in [3.8, 4) is 5.69 Å². The lowest BCUT2D eigenvalue weighted by Gasteiger charge is -2.08. The predicted octanol–water partition coefficient (Wildman–Crippen LogP) is 1.86. The first-order valence-corrected chi connectivity index (χ1v) is 6.33. The van der Waals surface area contributed by atoms with E-state index in [1.54, 1.807) is 37.4 Å². The molecule has 0 unspecified atom stereocenters. The highest BCUT2D eigenvalue weighted by atomic mass is 19.1. The molecule has 3 aromatic rings. The first kappa shape index (κ1) is 13.1. The van der Waals surface area contributed by atoms with Crippen molar-refractivity contribution in [2.24, 2.45) is 0 Å². The molecular weight excluding hydrogens is 273 g/mol. The lowest BCUT2D eigenvalue weighted by molar-refractivity contribution is 0.632. The molecule has 2 aromatic carbocycles. The molecule has 6 heteroatoms. The molecule has 0 bridgehead atoms. The molecule has 0 saturated carbocycles. The van der Waals surface area contributed by atoms with Gasteiger partial charge >= 0.3 is 5.69 Å². The number of benzene rings is 2. The average Bonchev–Trinajstić information content (AvgIpc) is 2.49. The highest BCUT2D eigenvalue weighted by molar-refractivity contribution is 5.81. The number of rotatable bonds is 2. The molecule has 0 saturated heterocycles. The van der Waals surface area contributed by atoms with Gasteiger partial charge in [0.15, 0.2) is 0 Å². The molecule has 0 aliphatic rings. The van der Waals surface area contributed by atoms with Crippen LogP contribution >= 0.6 is 0 Å². The number of aromatic nitrogens is 2. The van der Waals surface area contributed by atoms with E-state index < -0.39 is 17.1 Å². The molecule has 1 heterocycles. The number of nitrogens with one attached hydrogen (secondary N) is 2. The van der Waals surface area contributed by atoms with E-state index in [0.717, 1.165) is 10.6 Å². The monoisotopic (exact) mass is 285 g/mol. The smallest absolute Gasteiger partial charge is 0.333 e. The van der Waals surface area contributed by atoms with Gasteiger partial charge in [-0.2, -0.15) is 0 Å². The van der Waals surface area contributed by atoms with Gasteiger partial charge in [0.05, 0.1) is 22.3 Å². The molecule has 3 rings (SSSR count). The largest absolute Gasteiger partial charge is 0.386 e. The van der Waals surface area contributed by atoms with Gasteiger partial charge in [-0.1, -0.05) is 18.2 Å². The zero-order chi connectivity index (χ0) is 15.0. The van der Waals surface area contributed by atoms with E-state index >= 15 is 0 Å². The molecule has 0 aliphatic heterocycles. The molecule has 0 radical (unpaired) electrons. The van der Waals surface area contributed by atoms with Crippen molar-refractivity contribution in [1.29, 1.82) is 0 Å². The Morgan fingerprint density at radius 1 is 1.14 bits per heavy atom. The maximum Gasteiger partial charge on any atom is 0.333 e. The van der Waals surface area contributed by atoms with Gasteiger partial charge in [-0.15, -0.1) is 0 Å². The number of fused-ring (bicyclic) bond motifs is 1. The summed E-state index contributed by atoms with van der Waals surface area (Å²) in [7, 11) is 1.56. The maximum absolute atomic E-state index is 13.8. The molecule has 106 valence electrons. The Bertz CT molecular complexity index is 929. The van der Waals surface area contributed by atoms with Gasteiger partial charge in [-0.3, -0.25) is 4.79 Å². The first-order chi connectivity index (χ1) is 10.1. The van der Waals surface area contributed by atoms with Crippen molar-refractivity contribution in [2.75, 3.05) is 12.4 Å². The Morgan fingerprint density at radius 2 is 1.86 bits per heavy atom. The van der Waals surface area contributed by atoms with Crippen LogP contribution in [0.15, 0.2) is 52.1 Å². The van der Waals surface area contributed by atoms with Crippen LogP contribution in [0.2, 0.25) is 0 Å². The van der Waals surface area contributed by atoms with Crippen LogP contribution in [-0.4, -0.2) is 16.6 Å². The first-order valence-electron chi connectivity index (χ1n) is 6.33. The number of hydrogen-bond donors (Lipinski definition) is 2. The van der Waals surface area contributed by atoms with Gasteiger partial charge in [-0.25, -0.2) is 13.8 Å². The van der Waals surface area contributed by atoms with Gasteiger partial charge in [0, 0.05) is 7.05 Å². The minimum atomic E-state index is -0.563. The van der Waals surface area contributed by atoms with Crippen molar-refractivity contribution < 1.29 is 4.39 Å². The van der Waals surface area contributed by atoms with Crippen LogP contribution in [0.5, 0.6) is 0 Å². The number of hydrogen-bond acceptors (Lipinski definition) is 3. The summed E-state index contributed by atoms with van der Waals surface area (Å²) in [4.78, 5) is 27.2. The van der Waals surface area contributed by atoms with Crippen LogP contribution in [-0.2, 0) is 0 Å². The molecule has 5 nitrogen and oxygen atoms in total. The van der Waals surface area contributed by atoms with E-state index in [4.69, 9.17) is 0 Å². The summed E-state index contributed by atoms with van der Waals surface area (Å²) in [5.74, 6) is -0.547. The van der Waals surface area contributed by atoms with E-state index in [1.807, 2.05) is 0 Å². The Labute approximate surface area is 118 Å². The topological polar surface area (TPSA) is 66.9 Å². The van der Waals surface area contributed by atoms with Crippen molar-refractivity contribution in [1.82, 2.24) is 9.55 Å². The molecule has 0 spiro atoms.